The number of hydrogen-bond acceptors (Lipinski definition) is 3. The third kappa shape index (κ3) is 9.07. The van der Waals surface area contributed by atoms with Gasteiger partial charge in [-0.15, -0.1) is 0 Å². The van der Waals surface area contributed by atoms with Crippen molar-refractivity contribution in [3.8, 4) is 0 Å². The number of likely N-dealkylation sites (N-methyl/N-ethyl adjacent to an activating group) is 1. The summed E-state index contributed by atoms with van der Waals surface area (Å²) >= 11 is 0. The molecule has 3 nitrogen and oxygen atoms in total. The van der Waals surface area contributed by atoms with Gasteiger partial charge in [-0.2, -0.15) is 0 Å². The summed E-state index contributed by atoms with van der Waals surface area (Å²) in [6.45, 7) is 12.1. The molecule has 138 valence electrons. The quantitative estimate of drug-likeness (QED) is 0.506. The van der Waals surface area contributed by atoms with Crippen molar-refractivity contribution in [2.75, 3.05) is 39.9 Å². The Hall–Kier alpha value is -0.120. The lowest BCUT2D eigenvalue weighted by molar-refractivity contribution is 0.0709. The highest BCUT2D eigenvalue weighted by atomic mass is 16.5. The average molecular weight is 327 g/mol. The average Bonchev–Trinajstić information content (AvgIpc) is 2.54. The Morgan fingerprint density at radius 2 is 1.87 bits per heavy atom. The van der Waals surface area contributed by atoms with E-state index in [4.69, 9.17) is 4.74 Å². The molecular weight excluding hydrogens is 284 g/mol. The van der Waals surface area contributed by atoms with Crippen molar-refractivity contribution in [2.45, 2.75) is 84.6 Å². The molecule has 0 amide bonds. The van der Waals surface area contributed by atoms with Crippen LogP contribution in [0.25, 0.3) is 0 Å². The van der Waals surface area contributed by atoms with Crippen LogP contribution in [0.3, 0.4) is 0 Å². The van der Waals surface area contributed by atoms with Gasteiger partial charge in [0.25, 0.3) is 0 Å². The molecule has 0 spiro atoms. The van der Waals surface area contributed by atoms with E-state index in [-0.39, 0.29) is 0 Å². The molecule has 1 N–H and O–H groups in total. The Morgan fingerprint density at radius 3 is 2.48 bits per heavy atom. The van der Waals surface area contributed by atoms with Gasteiger partial charge in [-0.05, 0) is 38.6 Å². The molecule has 0 bridgehead atoms. The van der Waals surface area contributed by atoms with Crippen LogP contribution in [0.2, 0.25) is 0 Å². The molecule has 0 radical (unpaired) electrons. The van der Waals surface area contributed by atoms with Gasteiger partial charge in [-0.1, -0.05) is 52.4 Å². The van der Waals surface area contributed by atoms with Gasteiger partial charge in [0.1, 0.15) is 0 Å². The Labute approximate surface area is 145 Å². The lowest BCUT2D eigenvalue weighted by Gasteiger charge is -2.39. The normalized spacial score (nSPS) is 19.2. The summed E-state index contributed by atoms with van der Waals surface area (Å²) in [6.07, 6.45) is 12.4. The number of hydrogen-bond donors (Lipinski definition) is 1. The monoisotopic (exact) mass is 326 g/mol. The number of unbranched alkanes of at least 4 members (excludes halogenated alkanes) is 2. The molecule has 1 aliphatic rings. The minimum atomic E-state index is 0.520. The van der Waals surface area contributed by atoms with E-state index in [0.29, 0.717) is 11.5 Å². The molecule has 0 aromatic heterocycles. The molecule has 1 atom stereocenters. The van der Waals surface area contributed by atoms with Gasteiger partial charge in [0.05, 0.1) is 6.61 Å². The van der Waals surface area contributed by atoms with E-state index < -0.39 is 0 Å². The summed E-state index contributed by atoms with van der Waals surface area (Å²) in [5.41, 5.74) is 0.520. The summed E-state index contributed by atoms with van der Waals surface area (Å²) in [6, 6.07) is 0.621. The number of ether oxygens (including phenoxy) is 1. The second kappa shape index (κ2) is 12.3. The Kier molecular flexibility index (Phi) is 11.2. The zero-order valence-electron chi connectivity index (χ0n) is 16.3. The fourth-order valence-electron chi connectivity index (χ4n) is 3.96. The lowest BCUT2D eigenvalue weighted by atomic mass is 9.75. The third-order valence-corrected chi connectivity index (χ3v) is 5.46. The van der Waals surface area contributed by atoms with E-state index in [1.54, 1.807) is 0 Å². The maximum absolute atomic E-state index is 5.64. The van der Waals surface area contributed by atoms with Crippen molar-refractivity contribution in [1.29, 1.82) is 0 Å². The van der Waals surface area contributed by atoms with Crippen molar-refractivity contribution in [1.82, 2.24) is 10.2 Å². The molecule has 0 aromatic carbocycles. The minimum absolute atomic E-state index is 0.520. The Morgan fingerprint density at radius 1 is 1.13 bits per heavy atom. The zero-order chi connectivity index (χ0) is 17.0. The summed E-state index contributed by atoms with van der Waals surface area (Å²) in [5.74, 6) is 0. The molecule has 0 aromatic rings. The molecule has 0 saturated heterocycles. The van der Waals surface area contributed by atoms with Gasteiger partial charge in [0.2, 0.25) is 0 Å². The maximum atomic E-state index is 5.64. The molecule has 0 heterocycles. The van der Waals surface area contributed by atoms with Crippen LogP contribution in [-0.4, -0.2) is 50.8 Å². The first kappa shape index (κ1) is 20.9. The van der Waals surface area contributed by atoms with Crippen molar-refractivity contribution in [2.24, 2.45) is 5.41 Å². The zero-order valence-corrected chi connectivity index (χ0v) is 16.3. The molecule has 0 aliphatic heterocycles. The predicted octanol–water partition coefficient (Wildman–Crippen LogP) is 4.46. The topological polar surface area (TPSA) is 24.5 Å². The predicted molar refractivity (Wildman–Crippen MR) is 101 cm³/mol. The van der Waals surface area contributed by atoms with Crippen molar-refractivity contribution in [3.63, 3.8) is 0 Å². The summed E-state index contributed by atoms with van der Waals surface area (Å²) in [7, 11) is 2.12. The van der Waals surface area contributed by atoms with Gasteiger partial charge in [-0.3, -0.25) is 4.90 Å². The highest BCUT2D eigenvalue weighted by molar-refractivity contribution is 4.83. The van der Waals surface area contributed by atoms with E-state index in [2.05, 4.69) is 38.0 Å². The minimum Gasteiger partial charge on any atom is -0.380 e. The van der Waals surface area contributed by atoms with Gasteiger partial charge in [0, 0.05) is 32.3 Å². The van der Waals surface area contributed by atoms with E-state index in [1.807, 2.05) is 0 Å². The first-order chi connectivity index (χ1) is 11.1. The summed E-state index contributed by atoms with van der Waals surface area (Å²) < 4.78 is 5.64. The molecule has 1 unspecified atom stereocenters. The highest BCUT2D eigenvalue weighted by Crippen LogP contribution is 2.36. The van der Waals surface area contributed by atoms with Crippen LogP contribution in [0.4, 0.5) is 0 Å². The summed E-state index contributed by atoms with van der Waals surface area (Å²) in [4.78, 5) is 2.67. The fraction of sp³-hybridized carbons (Fsp3) is 1.00. The molecule has 1 fully saturated rings. The van der Waals surface area contributed by atoms with Gasteiger partial charge >= 0.3 is 0 Å². The first-order valence-electron chi connectivity index (χ1n) is 10.1. The fourth-order valence-corrected chi connectivity index (χ4v) is 3.96. The van der Waals surface area contributed by atoms with Crippen LogP contribution in [0.15, 0.2) is 0 Å². The van der Waals surface area contributed by atoms with Crippen LogP contribution in [0.1, 0.15) is 78.6 Å². The standard InChI is InChI=1S/C20H42N2O/c1-5-7-9-12-19(21-4)17-22(15-16-23-6-2)18-20(3)13-10-8-11-14-20/h19,21H,5-18H2,1-4H3. The second-order valence-corrected chi connectivity index (χ2v) is 7.78. The summed E-state index contributed by atoms with van der Waals surface area (Å²) in [5, 5.41) is 3.55. The first-order valence-corrected chi connectivity index (χ1v) is 10.1. The molecule has 1 aliphatic carbocycles. The highest BCUT2D eigenvalue weighted by Gasteiger charge is 2.29. The van der Waals surface area contributed by atoms with E-state index >= 15 is 0 Å². The van der Waals surface area contributed by atoms with Crippen LogP contribution in [0, 0.1) is 5.41 Å². The molecule has 23 heavy (non-hydrogen) atoms. The molecule has 1 saturated carbocycles. The van der Waals surface area contributed by atoms with Gasteiger partial charge in [0.15, 0.2) is 0 Å². The van der Waals surface area contributed by atoms with Crippen molar-refractivity contribution >= 4 is 0 Å². The van der Waals surface area contributed by atoms with E-state index in [1.165, 1.54) is 70.9 Å². The molecule has 1 rings (SSSR count). The lowest BCUT2D eigenvalue weighted by Crippen LogP contribution is -2.45. The van der Waals surface area contributed by atoms with Gasteiger partial charge < -0.3 is 10.1 Å². The Balaban J connectivity index is 2.51. The maximum Gasteiger partial charge on any atom is 0.0593 e. The SMILES string of the molecule is CCCCCC(CN(CCOCC)CC1(C)CCCCC1)NC. The van der Waals surface area contributed by atoms with Crippen LogP contribution >= 0.6 is 0 Å². The van der Waals surface area contributed by atoms with Crippen molar-refractivity contribution in [3.05, 3.63) is 0 Å². The van der Waals surface area contributed by atoms with Crippen molar-refractivity contribution < 1.29 is 4.74 Å². The second-order valence-electron chi connectivity index (χ2n) is 7.78. The van der Waals surface area contributed by atoms with E-state index in [9.17, 15) is 0 Å². The van der Waals surface area contributed by atoms with Gasteiger partial charge in [-0.25, -0.2) is 0 Å². The third-order valence-electron chi connectivity index (χ3n) is 5.46. The van der Waals surface area contributed by atoms with Crippen LogP contribution < -0.4 is 5.32 Å². The molecule has 3 heteroatoms. The van der Waals surface area contributed by atoms with Crippen LogP contribution in [-0.2, 0) is 4.74 Å². The Bertz CT molecular complexity index is 277. The largest absolute Gasteiger partial charge is 0.380 e. The van der Waals surface area contributed by atoms with E-state index in [0.717, 1.165) is 19.8 Å². The number of nitrogens with one attached hydrogen (secondary N) is 1. The molecular formula is C20H42N2O. The van der Waals surface area contributed by atoms with Crippen LogP contribution in [0.5, 0.6) is 0 Å². The smallest absolute Gasteiger partial charge is 0.0593 e. The number of rotatable bonds is 13. The number of nitrogens with zero attached hydrogens (tertiary/aromatic N) is 1.